The molecule has 1 aromatic heterocycles. The maximum Gasteiger partial charge on any atom is 0.207 e. The molecule has 1 heterocycles. The standard InChI is InChI=1S/C15H18FN3/c1-11-5-4-8-13(16)14(11)18-15-17-9-10-19(15)12-6-2-3-7-12/h4-5,8-10,12H,2-3,6-7H2,1H3,(H,17,18). The summed E-state index contributed by atoms with van der Waals surface area (Å²) in [5, 5.41) is 3.14. The molecule has 1 saturated carbocycles. The molecule has 0 amide bonds. The second-order valence-corrected chi connectivity index (χ2v) is 5.15. The number of nitrogens with one attached hydrogen (secondary N) is 1. The van der Waals surface area contributed by atoms with Gasteiger partial charge in [0.15, 0.2) is 0 Å². The summed E-state index contributed by atoms with van der Waals surface area (Å²) < 4.78 is 16.0. The number of aromatic nitrogens is 2. The molecular formula is C15H18FN3. The van der Waals surface area contributed by atoms with Gasteiger partial charge in [0.25, 0.3) is 0 Å². The fourth-order valence-electron chi connectivity index (χ4n) is 2.79. The van der Waals surface area contributed by atoms with E-state index in [0.29, 0.717) is 11.7 Å². The molecule has 4 heteroatoms. The Morgan fingerprint density at radius 1 is 1.32 bits per heavy atom. The lowest BCUT2D eigenvalue weighted by molar-refractivity contribution is 0.524. The zero-order valence-electron chi connectivity index (χ0n) is 11.1. The van der Waals surface area contributed by atoms with Crippen LogP contribution in [0.15, 0.2) is 30.6 Å². The molecule has 1 aromatic carbocycles. The number of nitrogens with zero attached hydrogens (tertiary/aromatic N) is 2. The van der Waals surface area contributed by atoms with Gasteiger partial charge in [0.05, 0.1) is 5.69 Å². The topological polar surface area (TPSA) is 29.9 Å². The Hall–Kier alpha value is -1.84. The van der Waals surface area contributed by atoms with Crippen LogP contribution in [0.4, 0.5) is 16.0 Å². The van der Waals surface area contributed by atoms with Crippen LogP contribution >= 0.6 is 0 Å². The van der Waals surface area contributed by atoms with Crippen molar-refractivity contribution < 1.29 is 4.39 Å². The smallest absolute Gasteiger partial charge is 0.207 e. The number of anilines is 2. The van der Waals surface area contributed by atoms with Crippen LogP contribution in [-0.4, -0.2) is 9.55 Å². The van der Waals surface area contributed by atoms with Gasteiger partial charge in [0.1, 0.15) is 5.82 Å². The summed E-state index contributed by atoms with van der Waals surface area (Å²) >= 11 is 0. The minimum Gasteiger partial charge on any atom is -0.323 e. The van der Waals surface area contributed by atoms with Gasteiger partial charge >= 0.3 is 0 Å². The van der Waals surface area contributed by atoms with Crippen LogP contribution in [0.2, 0.25) is 0 Å². The van der Waals surface area contributed by atoms with Gasteiger partial charge in [0.2, 0.25) is 5.95 Å². The Bertz CT molecular complexity index is 550. The van der Waals surface area contributed by atoms with Crippen LogP contribution < -0.4 is 5.32 Å². The molecule has 19 heavy (non-hydrogen) atoms. The molecule has 0 aliphatic heterocycles. The molecule has 100 valence electrons. The number of benzene rings is 1. The zero-order valence-corrected chi connectivity index (χ0v) is 11.1. The molecule has 0 unspecified atom stereocenters. The molecule has 2 aromatic rings. The predicted molar refractivity (Wildman–Crippen MR) is 74.2 cm³/mol. The Morgan fingerprint density at radius 3 is 2.84 bits per heavy atom. The van der Waals surface area contributed by atoms with Crippen molar-refractivity contribution in [1.29, 1.82) is 0 Å². The predicted octanol–water partition coefficient (Wildman–Crippen LogP) is 4.19. The van der Waals surface area contributed by atoms with E-state index in [-0.39, 0.29) is 5.82 Å². The van der Waals surface area contributed by atoms with Crippen LogP contribution in [0, 0.1) is 12.7 Å². The van der Waals surface area contributed by atoms with Crippen molar-refractivity contribution >= 4 is 11.6 Å². The Kier molecular flexibility index (Phi) is 3.23. The highest BCUT2D eigenvalue weighted by Crippen LogP contribution is 2.32. The summed E-state index contributed by atoms with van der Waals surface area (Å²) in [7, 11) is 0. The maximum atomic E-state index is 13.9. The first-order valence-electron chi connectivity index (χ1n) is 6.80. The number of para-hydroxylation sites is 1. The molecule has 3 nitrogen and oxygen atoms in total. The van der Waals surface area contributed by atoms with Gasteiger partial charge in [-0.2, -0.15) is 0 Å². The minimum absolute atomic E-state index is 0.235. The summed E-state index contributed by atoms with van der Waals surface area (Å²) in [6, 6.07) is 5.59. The summed E-state index contributed by atoms with van der Waals surface area (Å²) in [5.41, 5.74) is 1.41. The molecule has 0 bridgehead atoms. The molecule has 1 fully saturated rings. The number of aryl methyl sites for hydroxylation is 1. The van der Waals surface area contributed by atoms with Crippen LogP contribution in [0.1, 0.15) is 37.3 Å². The van der Waals surface area contributed by atoms with E-state index in [2.05, 4.69) is 14.9 Å². The van der Waals surface area contributed by atoms with Crippen LogP contribution in [0.25, 0.3) is 0 Å². The van der Waals surface area contributed by atoms with Gasteiger partial charge in [-0.3, -0.25) is 0 Å². The van der Waals surface area contributed by atoms with Gasteiger partial charge in [-0.25, -0.2) is 9.37 Å². The quantitative estimate of drug-likeness (QED) is 0.895. The molecule has 0 atom stereocenters. The number of halogens is 1. The fraction of sp³-hybridized carbons (Fsp3) is 0.400. The lowest BCUT2D eigenvalue weighted by Gasteiger charge is -2.16. The highest BCUT2D eigenvalue weighted by Gasteiger charge is 2.19. The fourth-order valence-corrected chi connectivity index (χ4v) is 2.79. The van der Waals surface area contributed by atoms with Crippen LogP contribution in [0.3, 0.4) is 0 Å². The first-order chi connectivity index (χ1) is 9.25. The van der Waals surface area contributed by atoms with E-state index in [9.17, 15) is 4.39 Å². The van der Waals surface area contributed by atoms with Gasteiger partial charge in [-0.15, -0.1) is 0 Å². The average molecular weight is 259 g/mol. The summed E-state index contributed by atoms with van der Waals surface area (Å²) in [5.74, 6) is 0.501. The maximum absolute atomic E-state index is 13.9. The molecule has 1 aliphatic carbocycles. The lowest BCUT2D eigenvalue weighted by atomic mass is 10.2. The first-order valence-corrected chi connectivity index (χ1v) is 6.80. The molecule has 0 saturated heterocycles. The molecule has 0 radical (unpaired) electrons. The van der Waals surface area contributed by atoms with E-state index in [0.717, 1.165) is 11.5 Å². The summed E-state index contributed by atoms with van der Waals surface area (Å²) in [6.45, 7) is 1.90. The van der Waals surface area contributed by atoms with E-state index < -0.39 is 0 Å². The van der Waals surface area contributed by atoms with Crippen molar-refractivity contribution in [1.82, 2.24) is 9.55 Å². The van der Waals surface area contributed by atoms with Crippen LogP contribution in [-0.2, 0) is 0 Å². The van der Waals surface area contributed by atoms with Gasteiger partial charge in [-0.1, -0.05) is 25.0 Å². The lowest BCUT2D eigenvalue weighted by Crippen LogP contribution is -2.09. The van der Waals surface area contributed by atoms with Gasteiger partial charge in [-0.05, 0) is 31.4 Å². The normalized spacial score (nSPS) is 15.9. The van der Waals surface area contributed by atoms with Crippen molar-refractivity contribution in [2.24, 2.45) is 0 Å². The van der Waals surface area contributed by atoms with E-state index in [1.165, 1.54) is 31.7 Å². The third kappa shape index (κ3) is 2.35. The van der Waals surface area contributed by atoms with E-state index in [1.807, 2.05) is 19.2 Å². The van der Waals surface area contributed by atoms with Gasteiger partial charge < -0.3 is 9.88 Å². The SMILES string of the molecule is Cc1cccc(F)c1Nc1nccn1C1CCCC1. The van der Waals surface area contributed by atoms with E-state index in [4.69, 9.17) is 0 Å². The third-order valence-electron chi connectivity index (χ3n) is 3.85. The first kappa shape index (κ1) is 12.2. The van der Waals surface area contributed by atoms with Gasteiger partial charge in [0, 0.05) is 18.4 Å². The van der Waals surface area contributed by atoms with E-state index in [1.54, 1.807) is 12.3 Å². The summed E-state index contributed by atoms with van der Waals surface area (Å²) in [4.78, 5) is 4.32. The van der Waals surface area contributed by atoms with Crippen LogP contribution in [0.5, 0.6) is 0 Å². The molecule has 0 spiro atoms. The minimum atomic E-state index is -0.235. The number of hydrogen-bond acceptors (Lipinski definition) is 2. The van der Waals surface area contributed by atoms with Crippen molar-refractivity contribution in [2.45, 2.75) is 38.6 Å². The molecule has 3 rings (SSSR count). The molecule has 1 N–H and O–H groups in total. The summed E-state index contributed by atoms with van der Waals surface area (Å²) in [6.07, 6.45) is 8.65. The number of rotatable bonds is 3. The van der Waals surface area contributed by atoms with Crippen molar-refractivity contribution in [3.05, 3.63) is 42.0 Å². The second-order valence-electron chi connectivity index (χ2n) is 5.15. The van der Waals surface area contributed by atoms with E-state index >= 15 is 0 Å². The number of imidazole rings is 1. The van der Waals surface area contributed by atoms with Crippen molar-refractivity contribution in [3.63, 3.8) is 0 Å². The molecule has 1 aliphatic rings. The third-order valence-corrected chi connectivity index (χ3v) is 3.85. The monoisotopic (exact) mass is 259 g/mol. The Labute approximate surface area is 112 Å². The Balaban J connectivity index is 1.89. The van der Waals surface area contributed by atoms with Crippen molar-refractivity contribution in [3.8, 4) is 0 Å². The second kappa shape index (κ2) is 5.03. The Morgan fingerprint density at radius 2 is 2.11 bits per heavy atom. The highest BCUT2D eigenvalue weighted by molar-refractivity contribution is 5.59. The largest absolute Gasteiger partial charge is 0.323 e. The molecular weight excluding hydrogens is 241 g/mol. The zero-order chi connectivity index (χ0) is 13.2. The number of hydrogen-bond donors (Lipinski definition) is 1. The van der Waals surface area contributed by atoms with Crippen molar-refractivity contribution in [2.75, 3.05) is 5.32 Å². The highest BCUT2D eigenvalue weighted by atomic mass is 19.1. The average Bonchev–Trinajstić information content (AvgIpc) is 3.04.